The Labute approximate surface area is 150 Å². The summed E-state index contributed by atoms with van der Waals surface area (Å²) in [7, 11) is 3.40. The molecule has 0 aliphatic rings. The van der Waals surface area contributed by atoms with E-state index in [4.69, 9.17) is 0 Å². The van der Waals surface area contributed by atoms with E-state index in [1.165, 1.54) is 23.1 Å². The highest BCUT2D eigenvalue weighted by atomic mass is 19.3. The van der Waals surface area contributed by atoms with Gasteiger partial charge in [0.2, 0.25) is 5.91 Å². The van der Waals surface area contributed by atoms with E-state index in [0.29, 0.717) is 18.7 Å². The molecule has 7 heteroatoms. The Balaban J connectivity index is 1.85. The van der Waals surface area contributed by atoms with Gasteiger partial charge in [-0.15, -0.1) is 0 Å². The number of benzene rings is 2. The van der Waals surface area contributed by atoms with Crippen molar-refractivity contribution in [3.05, 3.63) is 65.5 Å². The average molecular weight is 366 g/mol. The van der Waals surface area contributed by atoms with Gasteiger partial charge in [0.15, 0.2) is 0 Å². The first-order valence-electron chi connectivity index (χ1n) is 8.05. The number of amides is 1. The van der Waals surface area contributed by atoms with Gasteiger partial charge in [0.25, 0.3) is 0 Å². The molecule has 26 heavy (non-hydrogen) atoms. The first-order valence-corrected chi connectivity index (χ1v) is 8.05. The molecular weight excluding hydrogens is 345 g/mol. The van der Waals surface area contributed by atoms with Crippen molar-refractivity contribution < 1.29 is 22.7 Å². The Morgan fingerprint density at radius 2 is 1.69 bits per heavy atom. The van der Waals surface area contributed by atoms with E-state index in [1.54, 1.807) is 49.3 Å². The van der Waals surface area contributed by atoms with Crippen LogP contribution >= 0.6 is 0 Å². The van der Waals surface area contributed by atoms with Gasteiger partial charge in [0.1, 0.15) is 11.6 Å². The predicted molar refractivity (Wildman–Crippen MR) is 92.3 cm³/mol. The zero-order valence-corrected chi connectivity index (χ0v) is 14.7. The number of carbonyl (C=O) groups excluding carboxylic acids is 1. The maximum atomic E-state index is 13.7. The van der Waals surface area contributed by atoms with Gasteiger partial charge in [-0.2, -0.15) is 8.78 Å². The van der Waals surface area contributed by atoms with E-state index in [9.17, 15) is 18.0 Å². The zero-order chi connectivity index (χ0) is 19.1. The Morgan fingerprint density at radius 1 is 1.04 bits per heavy atom. The molecule has 0 spiro atoms. The summed E-state index contributed by atoms with van der Waals surface area (Å²) in [5, 5.41) is 0. The quantitative estimate of drug-likeness (QED) is 0.717. The monoisotopic (exact) mass is 366 g/mol. The summed E-state index contributed by atoms with van der Waals surface area (Å²) in [5.41, 5.74) is 1.32. The van der Waals surface area contributed by atoms with E-state index in [1.807, 2.05) is 0 Å². The lowest BCUT2D eigenvalue weighted by Gasteiger charge is -2.22. The third kappa shape index (κ3) is 6.07. The fourth-order valence-electron chi connectivity index (χ4n) is 2.46. The van der Waals surface area contributed by atoms with Crippen molar-refractivity contribution in [2.24, 2.45) is 0 Å². The number of halogens is 3. The molecule has 0 atom stereocenters. The van der Waals surface area contributed by atoms with Crippen molar-refractivity contribution in [2.75, 3.05) is 20.6 Å². The molecule has 0 aromatic heterocycles. The predicted octanol–water partition coefficient (Wildman–Crippen LogP) is 3.52. The Bertz CT molecular complexity index is 723. The summed E-state index contributed by atoms with van der Waals surface area (Å²) < 4.78 is 42.2. The minimum Gasteiger partial charge on any atom is -0.435 e. The lowest BCUT2D eigenvalue weighted by atomic mass is 10.2. The van der Waals surface area contributed by atoms with E-state index < -0.39 is 6.61 Å². The van der Waals surface area contributed by atoms with Gasteiger partial charge in [-0.1, -0.05) is 30.3 Å². The van der Waals surface area contributed by atoms with Crippen LogP contribution in [0.15, 0.2) is 48.5 Å². The molecule has 2 aromatic rings. The molecule has 0 aliphatic carbocycles. The second-order valence-electron chi connectivity index (χ2n) is 6.04. The van der Waals surface area contributed by atoms with Crippen molar-refractivity contribution in [3.63, 3.8) is 0 Å². The van der Waals surface area contributed by atoms with Gasteiger partial charge in [0, 0.05) is 25.7 Å². The number of likely N-dealkylation sites (N-methyl/N-ethyl adjacent to an activating group) is 2. The largest absolute Gasteiger partial charge is 0.435 e. The fraction of sp³-hybridized carbons (Fsp3) is 0.316. The summed E-state index contributed by atoms with van der Waals surface area (Å²) in [6.45, 7) is -2.07. The van der Waals surface area contributed by atoms with Crippen LogP contribution < -0.4 is 4.74 Å². The molecule has 0 N–H and O–H groups in total. The van der Waals surface area contributed by atoms with Crippen LogP contribution in [0.1, 0.15) is 11.1 Å². The maximum absolute atomic E-state index is 13.7. The van der Waals surface area contributed by atoms with Crippen molar-refractivity contribution in [3.8, 4) is 5.75 Å². The molecule has 140 valence electrons. The summed E-state index contributed by atoms with van der Waals surface area (Å²) in [4.78, 5) is 15.6. The number of carbonyl (C=O) groups is 1. The lowest BCUT2D eigenvalue weighted by Crippen LogP contribution is -2.36. The van der Waals surface area contributed by atoms with E-state index in [2.05, 4.69) is 4.74 Å². The Hall–Kier alpha value is -2.54. The topological polar surface area (TPSA) is 32.8 Å². The number of nitrogens with zero attached hydrogens (tertiary/aromatic N) is 2. The Kier molecular flexibility index (Phi) is 7.03. The number of alkyl halides is 2. The molecule has 0 radical (unpaired) electrons. The summed E-state index contributed by atoms with van der Waals surface area (Å²) in [6, 6.07) is 12.6. The van der Waals surface area contributed by atoms with E-state index in [0.717, 1.165) is 5.56 Å². The van der Waals surface area contributed by atoms with Gasteiger partial charge in [-0.3, -0.25) is 9.69 Å². The van der Waals surface area contributed by atoms with Gasteiger partial charge in [-0.05, 0) is 30.8 Å². The molecule has 0 fully saturated rings. The third-order valence-corrected chi connectivity index (χ3v) is 3.80. The number of rotatable bonds is 8. The van der Waals surface area contributed by atoms with Gasteiger partial charge in [-0.25, -0.2) is 4.39 Å². The van der Waals surface area contributed by atoms with Crippen LogP contribution in [0, 0.1) is 5.82 Å². The second-order valence-corrected chi connectivity index (χ2v) is 6.04. The summed E-state index contributed by atoms with van der Waals surface area (Å²) >= 11 is 0. The molecule has 4 nitrogen and oxygen atoms in total. The SMILES string of the molecule is CN(CC(=O)N(C)Cc1ccc(OC(F)F)cc1)Cc1ccccc1F. The van der Waals surface area contributed by atoms with Crippen LogP contribution in [-0.2, 0) is 17.9 Å². The maximum Gasteiger partial charge on any atom is 0.387 e. The standard InChI is InChI=1S/C19H21F3N2O2/c1-23(12-15-5-3-4-6-17(15)20)13-18(25)24(2)11-14-7-9-16(10-8-14)26-19(21)22/h3-10,19H,11-13H2,1-2H3. The first kappa shape index (κ1) is 19.8. The molecule has 1 amide bonds. The fourth-order valence-corrected chi connectivity index (χ4v) is 2.46. The van der Waals surface area contributed by atoms with Gasteiger partial charge in [0.05, 0.1) is 6.54 Å². The minimum absolute atomic E-state index is 0.0716. The molecule has 0 aliphatic heterocycles. The van der Waals surface area contributed by atoms with Crippen molar-refractivity contribution >= 4 is 5.91 Å². The van der Waals surface area contributed by atoms with Crippen LogP contribution in [0.2, 0.25) is 0 Å². The van der Waals surface area contributed by atoms with Gasteiger partial charge >= 0.3 is 6.61 Å². The van der Waals surface area contributed by atoms with E-state index >= 15 is 0 Å². The first-order chi connectivity index (χ1) is 12.3. The molecule has 2 aromatic carbocycles. The number of hydrogen-bond donors (Lipinski definition) is 0. The molecule has 0 saturated carbocycles. The van der Waals surface area contributed by atoms with Crippen molar-refractivity contribution in [1.82, 2.24) is 9.80 Å². The molecule has 2 rings (SSSR count). The minimum atomic E-state index is -2.87. The van der Waals surface area contributed by atoms with Crippen molar-refractivity contribution in [1.29, 1.82) is 0 Å². The average Bonchev–Trinajstić information content (AvgIpc) is 2.58. The lowest BCUT2D eigenvalue weighted by molar-refractivity contribution is -0.131. The van der Waals surface area contributed by atoms with Crippen LogP contribution in [0.5, 0.6) is 5.75 Å². The summed E-state index contributed by atoms with van der Waals surface area (Å²) in [5.74, 6) is -0.356. The zero-order valence-electron chi connectivity index (χ0n) is 14.7. The smallest absolute Gasteiger partial charge is 0.387 e. The van der Waals surface area contributed by atoms with Gasteiger partial charge < -0.3 is 9.64 Å². The van der Waals surface area contributed by atoms with Crippen LogP contribution in [-0.4, -0.2) is 43.0 Å². The number of ether oxygens (including phenoxy) is 1. The van der Waals surface area contributed by atoms with Crippen molar-refractivity contribution in [2.45, 2.75) is 19.7 Å². The molecule has 0 saturated heterocycles. The molecule has 0 heterocycles. The number of hydrogen-bond acceptors (Lipinski definition) is 3. The second kappa shape index (κ2) is 9.24. The molecule has 0 unspecified atom stereocenters. The van der Waals surface area contributed by atoms with Crippen LogP contribution in [0.4, 0.5) is 13.2 Å². The third-order valence-electron chi connectivity index (χ3n) is 3.80. The van der Waals surface area contributed by atoms with Crippen LogP contribution in [0.3, 0.4) is 0 Å². The highest BCUT2D eigenvalue weighted by molar-refractivity contribution is 5.77. The normalized spacial score (nSPS) is 11.0. The Morgan fingerprint density at radius 3 is 2.31 bits per heavy atom. The highest BCUT2D eigenvalue weighted by Gasteiger charge is 2.14. The van der Waals surface area contributed by atoms with E-state index in [-0.39, 0.29) is 24.0 Å². The van der Waals surface area contributed by atoms with Crippen LogP contribution in [0.25, 0.3) is 0 Å². The summed E-state index contributed by atoms with van der Waals surface area (Å²) in [6.07, 6.45) is 0. The molecular formula is C19H21F3N2O2. The molecule has 0 bridgehead atoms. The highest BCUT2D eigenvalue weighted by Crippen LogP contribution is 2.16.